The highest BCUT2D eigenvalue weighted by Gasteiger charge is 2.20. The summed E-state index contributed by atoms with van der Waals surface area (Å²) in [6.45, 7) is 9.01. The van der Waals surface area contributed by atoms with Crippen molar-refractivity contribution in [2.45, 2.75) is 58.8 Å². The van der Waals surface area contributed by atoms with Gasteiger partial charge in [0.25, 0.3) is 0 Å². The summed E-state index contributed by atoms with van der Waals surface area (Å²) in [6, 6.07) is 6.44. The van der Waals surface area contributed by atoms with Crippen LogP contribution in [0.3, 0.4) is 0 Å². The van der Waals surface area contributed by atoms with Crippen LogP contribution < -0.4 is 0 Å². The molecule has 0 spiro atoms. The fraction of sp³-hybridized carbons (Fsp3) is 0.643. The van der Waals surface area contributed by atoms with Gasteiger partial charge in [-0.05, 0) is 25.0 Å². The standard InChI is InChI=1S/C14H23N/c1-5-8-12-9-7-10-13(15-12)14(3,4)11-6-2/h7,9-10H,5-6,8,11H2,1-4H3. The van der Waals surface area contributed by atoms with E-state index in [2.05, 4.69) is 45.9 Å². The summed E-state index contributed by atoms with van der Waals surface area (Å²) in [6.07, 6.45) is 4.68. The van der Waals surface area contributed by atoms with Crippen LogP contribution in [-0.4, -0.2) is 4.98 Å². The lowest BCUT2D eigenvalue weighted by atomic mass is 9.84. The van der Waals surface area contributed by atoms with E-state index in [-0.39, 0.29) is 5.41 Å². The van der Waals surface area contributed by atoms with Gasteiger partial charge < -0.3 is 0 Å². The molecule has 0 saturated carbocycles. The molecule has 0 aromatic carbocycles. The third-order valence-electron chi connectivity index (χ3n) is 2.88. The predicted molar refractivity (Wildman–Crippen MR) is 66.2 cm³/mol. The number of aromatic nitrogens is 1. The molecule has 0 aliphatic carbocycles. The van der Waals surface area contributed by atoms with Crippen molar-refractivity contribution in [3.05, 3.63) is 29.6 Å². The van der Waals surface area contributed by atoms with E-state index in [1.807, 2.05) is 0 Å². The van der Waals surface area contributed by atoms with Gasteiger partial charge in [0.15, 0.2) is 0 Å². The molecule has 1 heterocycles. The van der Waals surface area contributed by atoms with Crippen molar-refractivity contribution in [3.8, 4) is 0 Å². The highest BCUT2D eigenvalue weighted by atomic mass is 14.7. The zero-order valence-corrected chi connectivity index (χ0v) is 10.5. The Balaban J connectivity index is 2.88. The van der Waals surface area contributed by atoms with Crippen LogP contribution in [0, 0.1) is 0 Å². The average molecular weight is 205 g/mol. The van der Waals surface area contributed by atoms with E-state index in [0.29, 0.717) is 0 Å². The molecular weight excluding hydrogens is 182 g/mol. The van der Waals surface area contributed by atoms with Crippen LogP contribution >= 0.6 is 0 Å². The largest absolute Gasteiger partial charge is 0.257 e. The first-order valence-corrected chi connectivity index (χ1v) is 6.06. The summed E-state index contributed by atoms with van der Waals surface area (Å²) in [4.78, 5) is 4.75. The monoisotopic (exact) mass is 205 g/mol. The topological polar surface area (TPSA) is 12.9 Å². The molecule has 0 atom stereocenters. The first kappa shape index (κ1) is 12.2. The average Bonchev–Trinajstić information content (AvgIpc) is 2.19. The Kier molecular flexibility index (Phi) is 4.31. The number of pyridine rings is 1. The fourth-order valence-corrected chi connectivity index (χ4v) is 2.00. The summed E-state index contributed by atoms with van der Waals surface area (Å²) >= 11 is 0. The van der Waals surface area contributed by atoms with Crippen LogP contribution in [0.2, 0.25) is 0 Å². The van der Waals surface area contributed by atoms with E-state index in [9.17, 15) is 0 Å². The molecule has 15 heavy (non-hydrogen) atoms. The SMILES string of the molecule is CCCc1cccc(C(C)(C)CCC)n1. The number of aryl methyl sites for hydroxylation is 1. The maximum Gasteiger partial charge on any atom is 0.0463 e. The zero-order chi connectivity index (χ0) is 11.3. The van der Waals surface area contributed by atoms with Crippen molar-refractivity contribution in [2.24, 2.45) is 0 Å². The molecule has 0 radical (unpaired) electrons. The minimum Gasteiger partial charge on any atom is -0.257 e. The van der Waals surface area contributed by atoms with Gasteiger partial charge in [0.05, 0.1) is 0 Å². The van der Waals surface area contributed by atoms with Crippen molar-refractivity contribution in [1.82, 2.24) is 4.98 Å². The zero-order valence-electron chi connectivity index (χ0n) is 10.5. The van der Waals surface area contributed by atoms with Crippen LogP contribution in [0.5, 0.6) is 0 Å². The summed E-state index contributed by atoms with van der Waals surface area (Å²) < 4.78 is 0. The lowest BCUT2D eigenvalue weighted by Gasteiger charge is -2.23. The Hall–Kier alpha value is -0.850. The van der Waals surface area contributed by atoms with Crippen LogP contribution in [0.1, 0.15) is 58.3 Å². The van der Waals surface area contributed by atoms with Gasteiger partial charge in [0, 0.05) is 16.8 Å². The molecular formula is C14H23N. The second kappa shape index (κ2) is 5.29. The van der Waals surface area contributed by atoms with Gasteiger partial charge in [-0.3, -0.25) is 4.98 Å². The first-order chi connectivity index (χ1) is 7.10. The van der Waals surface area contributed by atoms with E-state index < -0.39 is 0 Å². The van der Waals surface area contributed by atoms with E-state index in [4.69, 9.17) is 4.98 Å². The van der Waals surface area contributed by atoms with Crippen molar-refractivity contribution in [3.63, 3.8) is 0 Å². The van der Waals surface area contributed by atoms with Gasteiger partial charge in [-0.1, -0.05) is 46.6 Å². The second-order valence-corrected chi connectivity index (χ2v) is 4.90. The molecule has 0 unspecified atom stereocenters. The Morgan fingerprint density at radius 1 is 1.13 bits per heavy atom. The quantitative estimate of drug-likeness (QED) is 0.705. The molecule has 1 aromatic rings. The van der Waals surface area contributed by atoms with E-state index in [1.165, 1.54) is 30.7 Å². The van der Waals surface area contributed by atoms with Crippen molar-refractivity contribution >= 4 is 0 Å². The van der Waals surface area contributed by atoms with Crippen LogP contribution in [0.25, 0.3) is 0 Å². The van der Waals surface area contributed by atoms with Crippen molar-refractivity contribution in [2.75, 3.05) is 0 Å². The van der Waals surface area contributed by atoms with Gasteiger partial charge in [-0.25, -0.2) is 0 Å². The number of nitrogens with zero attached hydrogens (tertiary/aromatic N) is 1. The van der Waals surface area contributed by atoms with E-state index in [0.717, 1.165) is 6.42 Å². The molecule has 0 aliphatic heterocycles. The maximum atomic E-state index is 4.75. The van der Waals surface area contributed by atoms with Gasteiger partial charge >= 0.3 is 0 Å². The minimum atomic E-state index is 0.221. The predicted octanol–water partition coefficient (Wildman–Crippen LogP) is 4.11. The summed E-state index contributed by atoms with van der Waals surface area (Å²) in [5.74, 6) is 0. The molecule has 1 rings (SSSR count). The molecule has 84 valence electrons. The van der Waals surface area contributed by atoms with Gasteiger partial charge in [-0.2, -0.15) is 0 Å². The molecule has 1 aromatic heterocycles. The summed E-state index contributed by atoms with van der Waals surface area (Å²) in [5, 5.41) is 0. The third kappa shape index (κ3) is 3.33. The Morgan fingerprint density at radius 3 is 2.47 bits per heavy atom. The van der Waals surface area contributed by atoms with Crippen LogP contribution in [0.4, 0.5) is 0 Å². The molecule has 0 aliphatic rings. The Bertz CT molecular complexity index is 302. The normalized spacial score (nSPS) is 11.7. The first-order valence-electron chi connectivity index (χ1n) is 6.06. The molecule has 0 saturated heterocycles. The van der Waals surface area contributed by atoms with Crippen LogP contribution in [-0.2, 0) is 11.8 Å². The van der Waals surface area contributed by atoms with Gasteiger partial charge in [-0.15, -0.1) is 0 Å². The molecule has 0 bridgehead atoms. The lowest BCUT2D eigenvalue weighted by Crippen LogP contribution is -2.19. The van der Waals surface area contributed by atoms with Crippen LogP contribution in [0.15, 0.2) is 18.2 Å². The molecule has 1 heteroatoms. The maximum absolute atomic E-state index is 4.75. The van der Waals surface area contributed by atoms with E-state index >= 15 is 0 Å². The molecule has 0 fully saturated rings. The fourth-order valence-electron chi connectivity index (χ4n) is 2.00. The smallest absolute Gasteiger partial charge is 0.0463 e. The van der Waals surface area contributed by atoms with Gasteiger partial charge in [0.2, 0.25) is 0 Å². The van der Waals surface area contributed by atoms with Crippen molar-refractivity contribution < 1.29 is 0 Å². The van der Waals surface area contributed by atoms with Gasteiger partial charge in [0.1, 0.15) is 0 Å². The Morgan fingerprint density at radius 2 is 1.87 bits per heavy atom. The lowest BCUT2D eigenvalue weighted by molar-refractivity contribution is 0.458. The summed E-state index contributed by atoms with van der Waals surface area (Å²) in [7, 11) is 0. The molecule has 0 N–H and O–H groups in total. The van der Waals surface area contributed by atoms with Crippen molar-refractivity contribution in [1.29, 1.82) is 0 Å². The third-order valence-corrected chi connectivity index (χ3v) is 2.88. The minimum absolute atomic E-state index is 0.221. The number of rotatable bonds is 5. The highest BCUT2D eigenvalue weighted by molar-refractivity contribution is 5.18. The number of hydrogen-bond acceptors (Lipinski definition) is 1. The highest BCUT2D eigenvalue weighted by Crippen LogP contribution is 2.26. The van der Waals surface area contributed by atoms with E-state index in [1.54, 1.807) is 0 Å². The second-order valence-electron chi connectivity index (χ2n) is 4.90. The molecule has 0 amide bonds. The molecule has 1 nitrogen and oxygen atoms in total. The Labute approximate surface area is 93.9 Å². The number of hydrogen-bond donors (Lipinski definition) is 0. The summed E-state index contributed by atoms with van der Waals surface area (Å²) in [5.41, 5.74) is 2.70.